The number of sulfonamides is 1. The number of hydrogen-bond acceptors (Lipinski definition) is 4. The third-order valence-electron chi connectivity index (χ3n) is 3.64. The molecule has 1 unspecified atom stereocenters. The molecule has 0 bridgehead atoms. The maximum atomic E-state index is 12.5. The molecule has 0 aliphatic heterocycles. The van der Waals surface area contributed by atoms with Crippen molar-refractivity contribution in [2.24, 2.45) is 5.41 Å². The van der Waals surface area contributed by atoms with Gasteiger partial charge in [0.25, 0.3) is 0 Å². The van der Waals surface area contributed by atoms with Gasteiger partial charge in [0.05, 0.1) is 0 Å². The van der Waals surface area contributed by atoms with Crippen molar-refractivity contribution in [1.82, 2.24) is 9.71 Å². The maximum Gasteiger partial charge on any atom is 0.244 e. The Morgan fingerprint density at radius 1 is 1.45 bits per heavy atom. The van der Waals surface area contributed by atoms with E-state index in [9.17, 15) is 8.42 Å². The summed E-state index contributed by atoms with van der Waals surface area (Å²) in [5, 5.41) is 2.82. The van der Waals surface area contributed by atoms with E-state index in [2.05, 4.69) is 44.8 Å². The summed E-state index contributed by atoms with van der Waals surface area (Å²) in [7, 11) is -1.90. The Bertz CT molecular complexity index is 602. The lowest BCUT2D eigenvalue weighted by atomic mass is 9.92. The number of rotatable bonds is 4. The fourth-order valence-corrected chi connectivity index (χ4v) is 4.57. The molecule has 1 saturated carbocycles. The van der Waals surface area contributed by atoms with Crippen molar-refractivity contribution in [1.29, 1.82) is 0 Å². The van der Waals surface area contributed by atoms with Crippen LogP contribution in [0, 0.1) is 5.41 Å². The number of hydrogen-bond donors (Lipinski definition) is 2. The quantitative estimate of drug-likeness (QED) is 0.864. The van der Waals surface area contributed by atoms with E-state index in [4.69, 9.17) is 0 Å². The van der Waals surface area contributed by atoms with Crippen molar-refractivity contribution < 1.29 is 8.42 Å². The zero-order chi connectivity index (χ0) is 15.0. The van der Waals surface area contributed by atoms with Crippen LogP contribution in [0.5, 0.6) is 0 Å². The molecule has 7 heteroatoms. The third-order valence-corrected chi connectivity index (χ3v) is 5.60. The topological polar surface area (TPSA) is 71.1 Å². The van der Waals surface area contributed by atoms with Gasteiger partial charge < -0.3 is 5.32 Å². The molecule has 1 aliphatic rings. The van der Waals surface area contributed by atoms with Gasteiger partial charge in [0.2, 0.25) is 10.0 Å². The van der Waals surface area contributed by atoms with E-state index in [1.54, 1.807) is 19.3 Å². The second-order valence-electron chi connectivity index (χ2n) is 5.98. The van der Waals surface area contributed by atoms with E-state index in [1.165, 1.54) is 0 Å². The number of anilines is 1. The lowest BCUT2D eigenvalue weighted by molar-refractivity contribution is 0.372. The molecule has 2 rings (SSSR count). The number of halogens is 1. The first-order valence-corrected chi connectivity index (χ1v) is 8.87. The van der Waals surface area contributed by atoms with Crippen LogP contribution in [0.1, 0.15) is 33.1 Å². The molecular weight excluding hydrogens is 342 g/mol. The average Bonchev–Trinajstić information content (AvgIpc) is 2.68. The number of nitrogens with one attached hydrogen (secondary N) is 2. The molecule has 0 amide bonds. The zero-order valence-corrected chi connectivity index (χ0v) is 14.3. The summed E-state index contributed by atoms with van der Waals surface area (Å²) in [5.74, 6) is 0.359. The Morgan fingerprint density at radius 2 is 2.15 bits per heavy atom. The molecule has 1 atom stereocenters. The van der Waals surface area contributed by atoms with Gasteiger partial charge in [0.15, 0.2) is 0 Å². The van der Waals surface area contributed by atoms with Crippen LogP contribution < -0.4 is 10.0 Å². The van der Waals surface area contributed by atoms with E-state index >= 15 is 0 Å². The van der Waals surface area contributed by atoms with Crippen LogP contribution in [-0.4, -0.2) is 26.5 Å². The van der Waals surface area contributed by atoms with E-state index in [1.807, 2.05) is 0 Å². The summed E-state index contributed by atoms with van der Waals surface area (Å²) >= 11 is 3.27. The first kappa shape index (κ1) is 15.7. The van der Waals surface area contributed by atoms with Gasteiger partial charge in [-0.1, -0.05) is 13.8 Å². The molecule has 2 N–H and O–H groups in total. The molecule has 0 saturated heterocycles. The minimum atomic E-state index is -3.56. The van der Waals surface area contributed by atoms with Crippen LogP contribution in [0.25, 0.3) is 0 Å². The van der Waals surface area contributed by atoms with E-state index in [0.717, 1.165) is 19.3 Å². The number of nitrogens with zero attached hydrogens (tertiary/aromatic N) is 1. The predicted octanol–water partition coefficient (Wildman–Crippen LogP) is 2.74. The van der Waals surface area contributed by atoms with Crippen LogP contribution in [0.3, 0.4) is 0 Å². The Labute approximate surface area is 128 Å². The third kappa shape index (κ3) is 3.51. The van der Waals surface area contributed by atoms with Crippen molar-refractivity contribution in [2.75, 3.05) is 12.4 Å². The lowest BCUT2D eigenvalue weighted by Crippen LogP contribution is -2.34. The van der Waals surface area contributed by atoms with Gasteiger partial charge in [-0.05, 0) is 46.7 Å². The van der Waals surface area contributed by atoms with Gasteiger partial charge in [0, 0.05) is 23.8 Å². The number of aromatic nitrogens is 1. The predicted molar refractivity (Wildman–Crippen MR) is 83.2 cm³/mol. The normalized spacial score (nSPS) is 21.9. The monoisotopic (exact) mass is 361 g/mol. The lowest BCUT2D eigenvalue weighted by Gasteiger charge is -2.18. The molecule has 0 aromatic carbocycles. The molecule has 1 fully saturated rings. The van der Waals surface area contributed by atoms with E-state index < -0.39 is 10.0 Å². The highest BCUT2D eigenvalue weighted by atomic mass is 79.9. The fraction of sp³-hybridized carbons (Fsp3) is 0.615. The number of pyridine rings is 1. The average molecular weight is 362 g/mol. The molecule has 1 aromatic rings. The van der Waals surface area contributed by atoms with Crippen LogP contribution >= 0.6 is 15.9 Å². The minimum absolute atomic E-state index is 0.00122. The highest BCUT2D eigenvalue weighted by molar-refractivity contribution is 9.10. The molecule has 5 nitrogen and oxygen atoms in total. The Kier molecular flexibility index (Phi) is 4.41. The van der Waals surface area contributed by atoms with Crippen molar-refractivity contribution in [2.45, 2.75) is 44.0 Å². The van der Waals surface area contributed by atoms with Crippen LogP contribution in [0.15, 0.2) is 21.6 Å². The van der Waals surface area contributed by atoms with Gasteiger partial charge in [0.1, 0.15) is 10.7 Å². The Balaban J connectivity index is 2.25. The summed E-state index contributed by atoms with van der Waals surface area (Å²) in [4.78, 5) is 4.27. The van der Waals surface area contributed by atoms with Gasteiger partial charge in [-0.25, -0.2) is 18.1 Å². The molecule has 0 radical (unpaired) electrons. The molecule has 112 valence electrons. The van der Waals surface area contributed by atoms with Crippen molar-refractivity contribution in [3.8, 4) is 0 Å². The first-order chi connectivity index (χ1) is 9.23. The van der Waals surface area contributed by atoms with Crippen LogP contribution in [-0.2, 0) is 10.0 Å². The van der Waals surface area contributed by atoms with Crippen molar-refractivity contribution in [3.05, 3.63) is 16.7 Å². The largest absolute Gasteiger partial charge is 0.372 e. The SMILES string of the molecule is CNc1ncc(Br)cc1S(=O)(=O)NC1CCC(C)(C)C1. The summed E-state index contributed by atoms with van der Waals surface area (Å²) in [6.07, 6.45) is 4.35. The summed E-state index contributed by atoms with van der Waals surface area (Å²) in [6, 6.07) is 1.57. The molecule has 1 aromatic heterocycles. The zero-order valence-electron chi connectivity index (χ0n) is 11.9. The molecule has 1 heterocycles. The Hall–Kier alpha value is -0.660. The smallest absolute Gasteiger partial charge is 0.244 e. The minimum Gasteiger partial charge on any atom is -0.372 e. The summed E-state index contributed by atoms with van der Waals surface area (Å²) in [5.41, 5.74) is 0.203. The van der Waals surface area contributed by atoms with Gasteiger partial charge in [-0.3, -0.25) is 0 Å². The van der Waals surface area contributed by atoms with Gasteiger partial charge in [-0.2, -0.15) is 0 Å². The van der Waals surface area contributed by atoms with Gasteiger partial charge >= 0.3 is 0 Å². The van der Waals surface area contributed by atoms with Crippen LogP contribution in [0.2, 0.25) is 0 Å². The second-order valence-corrected chi connectivity index (χ2v) is 8.57. The highest BCUT2D eigenvalue weighted by Gasteiger charge is 2.34. The second kappa shape index (κ2) is 5.61. The standard InChI is InChI=1S/C13H20BrN3O2S/c1-13(2)5-4-10(7-13)17-20(18,19)11-6-9(14)8-16-12(11)15-3/h6,8,10,17H,4-5,7H2,1-3H3,(H,15,16). The van der Waals surface area contributed by atoms with E-state index in [-0.39, 0.29) is 16.4 Å². The van der Waals surface area contributed by atoms with Crippen LogP contribution in [0.4, 0.5) is 5.82 Å². The van der Waals surface area contributed by atoms with Gasteiger partial charge in [-0.15, -0.1) is 0 Å². The molecular formula is C13H20BrN3O2S. The Morgan fingerprint density at radius 3 is 2.70 bits per heavy atom. The molecule has 20 heavy (non-hydrogen) atoms. The summed E-state index contributed by atoms with van der Waals surface area (Å²) in [6.45, 7) is 4.34. The van der Waals surface area contributed by atoms with E-state index in [0.29, 0.717) is 10.3 Å². The van der Waals surface area contributed by atoms with Crippen molar-refractivity contribution >= 4 is 31.8 Å². The highest BCUT2D eigenvalue weighted by Crippen LogP contribution is 2.37. The van der Waals surface area contributed by atoms with Crippen molar-refractivity contribution in [3.63, 3.8) is 0 Å². The maximum absolute atomic E-state index is 12.5. The first-order valence-electron chi connectivity index (χ1n) is 6.59. The fourth-order valence-electron chi connectivity index (χ4n) is 2.63. The molecule has 1 aliphatic carbocycles. The summed E-state index contributed by atoms with van der Waals surface area (Å²) < 4.78 is 28.5. The molecule has 0 spiro atoms.